The molecule has 23 heteroatoms. The lowest BCUT2D eigenvalue weighted by molar-refractivity contribution is -0.140. The predicted octanol–water partition coefficient (Wildman–Crippen LogP) is 8.91. The number of piperidine rings is 1. The number of carboxylic acid groups (broad SMARTS) is 1. The van der Waals surface area contributed by atoms with E-state index in [0.717, 1.165) is 50.9 Å². The molecule has 1 fully saturated rings. The number of halogens is 4. The van der Waals surface area contributed by atoms with Crippen molar-refractivity contribution >= 4 is 56.8 Å². The van der Waals surface area contributed by atoms with Crippen LogP contribution in [-0.4, -0.2) is 147 Å². The minimum absolute atomic E-state index is 0.110. The Morgan fingerprint density at radius 3 is 2.45 bits per heavy atom. The van der Waals surface area contributed by atoms with E-state index >= 15 is 0 Å². The van der Waals surface area contributed by atoms with Crippen molar-refractivity contribution in [3.8, 4) is 35.1 Å². The van der Waals surface area contributed by atoms with Gasteiger partial charge in [0, 0.05) is 47.2 Å². The number of ether oxygens (including phenoxy) is 6. The Bertz CT molecular complexity index is 3110. The number of carbonyl (C=O) groups is 2. The lowest BCUT2D eigenvalue weighted by Crippen LogP contribution is -2.36. The summed E-state index contributed by atoms with van der Waals surface area (Å²) in [6.45, 7) is 5.75. The average molecular weight is 1130 g/mol. The third kappa shape index (κ3) is 18.3. The quantitative estimate of drug-likeness (QED) is 0.00965. The molecule has 7 rings (SSSR count). The van der Waals surface area contributed by atoms with Crippen LogP contribution >= 0.6 is 11.6 Å². The van der Waals surface area contributed by atoms with Gasteiger partial charge in [0.15, 0.2) is 0 Å². The molecule has 4 aromatic carbocycles. The van der Waals surface area contributed by atoms with E-state index in [-0.39, 0.29) is 48.9 Å². The van der Waals surface area contributed by atoms with Gasteiger partial charge in [0.2, 0.25) is 0 Å². The number of aromatic amines is 1. The number of H-pyrrole nitrogens is 1. The third-order valence-electron chi connectivity index (χ3n) is 13.0. The van der Waals surface area contributed by atoms with Crippen molar-refractivity contribution in [3.63, 3.8) is 0 Å². The summed E-state index contributed by atoms with van der Waals surface area (Å²) in [7, 11) is 3.56. The number of amides is 1. The number of hydrogen-bond donors (Lipinski definition) is 7. The second-order valence-corrected chi connectivity index (χ2v) is 19.6. The van der Waals surface area contributed by atoms with Crippen LogP contribution in [-0.2, 0) is 20.8 Å². The average Bonchev–Trinajstić information content (AvgIpc) is 4.01. The smallest absolute Gasteiger partial charge is 0.406 e. The number of alkyl halides is 3. The number of nitrogens with zero attached hydrogens (tertiary/aromatic N) is 4. The number of carbonyl (C=O) groups excluding carboxylic acids is 1. The molecule has 0 spiro atoms. The van der Waals surface area contributed by atoms with Gasteiger partial charge in [-0.05, 0) is 132 Å². The van der Waals surface area contributed by atoms with Gasteiger partial charge in [-0.3, -0.25) is 4.79 Å². The van der Waals surface area contributed by atoms with E-state index in [0.29, 0.717) is 119 Å². The van der Waals surface area contributed by atoms with Gasteiger partial charge in [0.1, 0.15) is 23.8 Å². The Hall–Kier alpha value is -7.39. The van der Waals surface area contributed by atoms with Gasteiger partial charge in [-0.2, -0.15) is 18.2 Å². The number of aryl methyl sites for hydroxylation is 1. The monoisotopic (exact) mass is 1130 g/mol. The number of rotatable bonds is 30. The van der Waals surface area contributed by atoms with Crippen molar-refractivity contribution in [2.45, 2.75) is 64.2 Å². The number of nitrogens with two attached hydrogens (primary N) is 2. The van der Waals surface area contributed by atoms with Crippen molar-refractivity contribution < 1.29 is 56.3 Å². The molecule has 430 valence electrons. The fourth-order valence-corrected chi connectivity index (χ4v) is 9.04. The first-order chi connectivity index (χ1) is 38.5. The number of unbranched alkanes of at least 4 members (excludes halogenated alkanes) is 2. The number of carboxylic acids is 1. The molecule has 80 heavy (non-hydrogen) atoms. The number of imidazole rings is 1. The van der Waals surface area contributed by atoms with E-state index < -0.39 is 18.7 Å². The van der Waals surface area contributed by atoms with E-state index in [1.54, 1.807) is 73.8 Å². The van der Waals surface area contributed by atoms with Gasteiger partial charge < -0.3 is 74.7 Å². The predicted molar refractivity (Wildman–Crippen MR) is 302 cm³/mol. The summed E-state index contributed by atoms with van der Waals surface area (Å²) >= 11 is 6.48. The molecule has 0 saturated carbocycles. The van der Waals surface area contributed by atoms with Crippen LogP contribution < -0.4 is 41.7 Å². The SMILES string of the molecule is COc1cc(C(=O)NCCOCCOCCOCCN(N)/C=C(\N)CCCCCOc2cc3nc(Oc4ccc(C)c(C(=O)O)c4)[nH]c3cc2Cl)ccc1NCC#Cc1cc2c(NC3CCN(C)CC3)cccc2n1CC(F)(F)F. The Morgan fingerprint density at radius 1 is 0.938 bits per heavy atom. The molecule has 9 N–H and O–H groups in total. The van der Waals surface area contributed by atoms with Gasteiger partial charge in [-0.25, -0.2) is 10.6 Å². The fourth-order valence-electron chi connectivity index (χ4n) is 8.83. The van der Waals surface area contributed by atoms with Crippen LogP contribution in [0.25, 0.3) is 21.9 Å². The molecule has 19 nitrogen and oxygen atoms in total. The summed E-state index contributed by atoms with van der Waals surface area (Å²) in [5.41, 5.74) is 11.3. The highest BCUT2D eigenvalue weighted by Gasteiger charge is 2.30. The molecular formula is C57H70ClF3N10O9. The first kappa shape index (κ1) is 60.3. The van der Waals surface area contributed by atoms with Crippen LogP contribution in [0, 0.1) is 18.8 Å². The van der Waals surface area contributed by atoms with Gasteiger partial charge >= 0.3 is 12.1 Å². The number of methoxy groups -OCH3 is 1. The largest absolute Gasteiger partial charge is 0.495 e. The van der Waals surface area contributed by atoms with Crippen molar-refractivity contribution in [2.75, 3.05) is 104 Å². The second kappa shape index (κ2) is 29.7. The number of fused-ring (bicyclic) bond motifs is 2. The van der Waals surface area contributed by atoms with E-state index in [9.17, 15) is 27.9 Å². The first-order valence-electron chi connectivity index (χ1n) is 26.4. The van der Waals surface area contributed by atoms with Crippen LogP contribution in [0.15, 0.2) is 84.7 Å². The zero-order valence-electron chi connectivity index (χ0n) is 45.2. The fraction of sp³-hybridized carbons (Fsp3) is 0.421. The maximum absolute atomic E-state index is 13.8. The van der Waals surface area contributed by atoms with Crippen LogP contribution in [0.1, 0.15) is 70.5 Å². The molecule has 3 heterocycles. The molecule has 0 bridgehead atoms. The summed E-state index contributed by atoms with van der Waals surface area (Å²) in [5.74, 6) is 11.9. The second-order valence-electron chi connectivity index (χ2n) is 19.2. The molecule has 0 unspecified atom stereocenters. The van der Waals surface area contributed by atoms with Crippen LogP contribution in [0.4, 0.5) is 24.5 Å². The number of aromatic nitrogens is 3. The zero-order chi connectivity index (χ0) is 57.0. The molecule has 0 aliphatic carbocycles. The van der Waals surface area contributed by atoms with Crippen molar-refractivity contribution in [2.24, 2.45) is 11.6 Å². The Morgan fingerprint density at radius 2 is 1.70 bits per heavy atom. The van der Waals surface area contributed by atoms with E-state index in [4.69, 9.17) is 51.6 Å². The Labute approximate surface area is 467 Å². The molecule has 0 atom stereocenters. The van der Waals surface area contributed by atoms with E-state index in [2.05, 4.69) is 49.7 Å². The number of aromatic carboxylic acids is 1. The van der Waals surface area contributed by atoms with Crippen LogP contribution in [0.3, 0.4) is 0 Å². The maximum atomic E-state index is 13.8. The number of likely N-dealkylation sites (tertiary alicyclic amines) is 1. The van der Waals surface area contributed by atoms with Crippen LogP contribution in [0.5, 0.6) is 23.3 Å². The first-order valence-corrected chi connectivity index (χ1v) is 26.8. The number of hydrogen-bond acceptors (Lipinski definition) is 15. The molecule has 2 aromatic heterocycles. The topological polar surface area (TPSA) is 238 Å². The van der Waals surface area contributed by atoms with E-state index in [1.807, 2.05) is 6.07 Å². The Kier molecular flexibility index (Phi) is 22.4. The number of nitrogens with one attached hydrogen (secondary N) is 4. The highest BCUT2D eigenvalue weighted by molar-refractivity contribution is 6.32. The van der Waals surface area contributed by atoms with Crippen molar-refractivity contribution in [3.05, 3.63) is 112 Å². The van der Waals surface area contributed by atoms with Crippen LogP contribution in [0.2, 0.25) is 5.02 Å². The summed E-state index contributed by atoms with van der Waals surface area (Å²) in [5, 5.41) is 21.5. The zero-order valence-corrected chi connectivity index (χ0v) is 45.9. The molecule has 1 aliphatic heterocycles. The third-order valence-corrected chi connectivity index (χ3v) is 13.3. The molecule has 1 saturated heterocycles. The molecule has 1 aliphatic rings. The number of anilines is 2. The number of benzene rings is 4. The van der Waals surface area contributed by atoms with Gasteiger partial charge in [-0.15, -0.1) is 0 Å². The molecule has 6 aromatic rings. The summed E-state index contributed by atoms with van der Waals surface area (Å²) < 4.78 is 76.6. The number of allylic oxidation sites excluding steroid dienone is 1. The lowest BCUT2D eigenvalue weighted by Gasteiger charge is -2.30. The van der Waals surface area contributed by atoms with Gasteiger partial charge in [0.25, 0.3) is 11.9 Å². The van der Waals surface area contributed by atoms with Gasteiger partial charge in [0.05, 0.1) is 105 Å². The summed E-state index contributed by atoms with van der Waals surface area (Å²) in [6.07, 6.45) is 2.28. The molecular weight excluding hydrogens is 1060 g/mol. The summed E-state index contributed by atoms with van der Waals surface area (Å²) in [4.78, 5) is 34.2. The molecule has 0 radical (unpaired) electrons. The normalized spacial score (nSPS) is 13.3. The summed E-state index contributed by atoms with van der Waals surface area (Å²) in [6, 6.07) is 20.6. The molecule has 1 amide bonds. The lowest BCUT2D eigenvalue weighted by atomic mass is 10.0. The van der Waals surface area contributed by atoms with Gasteiger partial charge in [-0.1, -0.05) is 29.7 Å². The minimum atomic E-state index is -4.44. The standard InChI is InChI=1S/C57H70ClF3N10O9/c1-38-13-15-43(33-44(38)55(73)74)80-56-67-49-34-46(58)52(35-50(49)68-56)79-24-6-4-5-9-40(62)36-70(63)23-26-77-28-30-78-29-27-76-25-20-65-54(72)39-14-16-48(53(31-39)75-3)64-19-8-10-42-32-45-47(66-41-17-21-69(2)22-18-41)11-7-12-51(45)71(42)37-57(59,60)61/h7,11-16,31-36,41,64,66H,4-6,9,17-30,37,62-63H2,1-3H3,(H,65,72)(H,67,68)(H,73,74)/b40-36-. The van der Waals surface area contributed by atoms with E-state index in [1.165, 1.54) is 22.8 Å². The highest BCUT2D eigenvalue weighted by atomic mass is 35.5. The number of hydrazine groups is 1. The maximum Gasteiger partial charge on any atom is 0.406 e. The highest BCUT2D eigenvalue weighted by Crippen LogP contribution is 2.34. The minimum Gasteiger partial charge on any atom is -0.495 e. The van der Waals surface area contributed by atoms with Crippen molar-refractivity contribution in [1.82, 2.24) is 29.8 Å². The van der Waals surface area contributed by atoms with Crippen molar-refractivity contribution in [1.29, 1.82) is 0 Å². The Balaban J connectivity index is 0.709.